The van der Waals surface area contributed by atoms with Crippen LogP contribution in [0.25, 0.3) is 0 Å². The van der Waals surface area contributed by atoms with E-state index in [1.54, 1.807) is 20.8 Å². The Morgan fingerprint density at radius 1 is 1.27 bits per heavy atom. The van der Waals surface area contributed by atoms with Gasteiger partial charge >= 0.3 is 6.09 Å². The molecular weight excluding hydrogens is 483 g/mol. The number of hydrogen-bond donors (Lipinski definition) is 2. The van der Waals surface area contributed by atoms with Gasteiger partial charge in [0.2, 0.25) is 5.75 Å². The van der Waals surface area contributed by atoms with Gasteiger partial charge in [0.1, 0.15) is 23.3 Å². The Hall–Kier alpha value is -3.47. The van der Waals surface area contributed by atoms with Gasteiger partial charge in [-0.05, 0) is 51.3 Å². The number of nitrogens with zero attached hydrogens (tertiary/aromatic N) is 3. The highest BCUT2D eigenvalue weighted by atomic mass is 19.1. The maximum Gasteiger partial charge on any atom is 0.410 e. The smallest absolute Gasteiger partial charge is 0.410 e. The summed E-state index contributed by atoms with van der Waals surface area (Å²) >= 11 is 0. The molecule has 202 valence electrons. The summed E-state index contributed by atoms with van der Waals surface area (Å²) in [5.41, 5.74) is -2.25. The third-order valence-corrected chi connectivity index (χ3v) is 6.55. The molecular formula is C26H35FN4O6. The topological polar surface area (TPSA) is 123 Å². The van der Waals surface area contributed by atoms with Crippen molar-refractivity contribution in [3.8, 4) is 5.75 Å². The van der Waals surface area contributed by atoms with Gasteiger partial charge in [-0.15, -0.1) is 0 Å². The average molecular weight is 519 g/mol. The Morgan fingerprint density at radius 2 is 1.89 bits per heavy atom. The molecule has 0 saturated heterocycles. The van der Waals surface area contributed by atoms with Crippen LogP contribution in [0.4, 0.5) is 9.18 Å². The van der Waals surface area contributed by atoms with E-state index in [1.807, 2.05) is 13.8 Å². The number of carbonyl (C=O) groups excluding carboxylic acids is 2. The van der Waals surface area contributed by atoms with E-state index < -0.39 is 52.0 Å². The summed E-state index contributed by atoms with van der Waals surface area (Å²) in [5, 5.41) is 13.4. The number of aromatic nitrogens is 2. The van der Waals surface area contributed by atoms with Crippen molar-refractivity contribution in [1.29, 1.82) is 0 Å². The third-order valence-electron chi connectivity index (χ3n) is 6.55. The number of aromatic hydroxyl groups is 1. The molecule has 11 heteroatoms. The van der Waals surface area contributed by atoms with Crippen LogP contribution in [0.1, 0.15) is 75.4 Å². The maximum absolute atomic E-state index is 13.6. The molecule has 1 aromatic carbocycles. The molecule has 1 atom stereocenters. The molecule has 1 aliphatic heterocycles. The molecule has 0 fully saturated rings. The fourth-order valence-corrected chi connectivity index (χ4v) is 4.25. The summed E-state index contributed by atoms with van der Waals surface area (Å²) in [6, 6.07) is 4.67. The lowest BCUT2D eigenvalue weighted by Gasteiger charge is -2.35. The first-order chi connectivity index (χ1) is 17.3. The number of benzene rings is 1. The molecule has 1 aromatic heterocycles. The highest BCUT2D eigenvalue weighted by Gasteiger charge is 2.42. The fraction of sp³-hybridized carbons (Fsp3) is 0.538. The van der Waals surface area contributed by atoms with Crippen molar-refractivity contribution in [3.63, 3.8) is 0 Å². The van der Waals surface area contributed by atoms with E-state index in [1.165, 1.54) is 40.8 Å². The summed E-state index contributed by atoms with van der Waals surface area (Å²) < 4.78 is 26.0. The Morgan fingerprint density at radius 3 is 2.46 bits per heavy atom. The fourth-order valence-electron chi connectivity index (χ4n) is 4.25. The quantitative estimate of drug-likeness (QED) is 0.600. The molecule has 2 aromatic rings. The number of rotatable bonds is 6. The number of ether oxygens (including phenoxy) is 2. The largest absolute Gasteiger partial charge is 0.501 e. The van der Waals surface area contributed by atoms with Crippen molar-refractivity contribution >= 4 is 12.0 Å². The summed E-state index contributed by atoms with van der Waals surface area (Å²) in [5.74, 6) is -1.88. The average Bonchev–Trinajstić information content (AvgIpc) is 3.01. The van der Waals surface area contributed by atoms with Crippen LogP contribution in [-0.4, -0.2) is 57.4 Å². The van der Waals surface area contributed by atoms with Crippen LogP contribution in [0.15, 0.2) is 29.1 Å². The van der Waals surface area contributed by atoms with Gasteiger partial charge in [0.05, 0.1) is 18.8 Å². The van der Waals surface area contributed by atoms with E-state index in [0.29, 0.717) is 18.4 Å². The number of hydrogen-bond acceptors (Lipinski definition) is 7. The van der Waals surface area contributed by atoms with Gasteiger partial charge in [0, 0.05) is 13.6 Å². The highest BCUT2D eigenvalue weighted by molar-refractivity contribution is 5.94. The van der Waals surface area contributed by atoms with Gasteiger partial charge in [-0.1, -0.05) is 26.0 Å². The van der Waals surface area contributed by atoms with Crippen LogP contribution < -0.4 is 10.9 Å². The molecule has 10 nitrogen and oxygen atoms in total. The van der Waals surface area contributed by atoms with Gasteiger partial charge < -0.3 is 19.9 Å². The zero-order valence-electron chi connectivity index (χ0n) is 22.1. The Balaban J connectivity index is 2.09. The molecule has 37 heavy (non-hydrogen) atoms. The first kappa shape index (κ1) is 28.1. The van der Waals surface area contributed by atoms with Crippen LogP contribution in [0.2, 0.25) is 0 Å². The molecule has 0 spiro atoms. The SMILES string of the molecule is CCC1(CC)COCC(N(C)C(=O)OC(C)(C)C)c2nc(C(=O)NCc3ccc(F)cc3)c(O)c(=O)n21. The Labute approximate surface area is 215 Å². The number of amides is 2. The zero-order chi connectivity index (χ0) is 27.5. The normalized spacial score (nSPS) is 16.9. The molecule has 2 N–H and O–H groups in total. The van der Waals surface area contributed by atoms with Crippen LogP contribution in [0, 0.1) is 5.82 Å². The lowest BCUT2D eigenvalue weighted by Crippen LogP contribution is -2.47. The zero-order valence-corrected chi connectivity index (χ0v) is 22.1. The predicted molar refractivity (Wildman–Crippen MR) is 134 cm³/mol. The van der Waals surface area contributed by atoms with Gasteiger partial charge in [-0.3, -0.25) is 19.1 Å². The van der Waals surface area contributed by atoms with E-state index in [2.05, 4.69) is 10.3 Å². The second-order valence-corrected chi connectivity index (χ2v) is 10.2. The first-order valence-corrected chi connectivity index (χ1v) is 12.3. The molecule has 3 rings (SSSR count). The van der Waals surface area contributed by atoms with Crippen molar-refractivity contribution in [2.75, 3.05) is 20.3 Å². The molecule has 0 bridgehead atoms. The van der Waals surface area contributed by atoms with E-state index in [-0.39, 0.29) is 25.6 Å². The van der Waals surface area contributed by atoms with Crippen LogP contribution >= 0.6 is 0 Å². The molecule has 1 unspecified atom stereocenters. The summed E-state index contributed by atoms with van der Waals surface area (Å²) in [6.45, 7) is 9.17. The lowest BCUT2D eigenvalue weighted by molar-refractivity contribution is 0.00340. The minimum absolute atomic E-state index is 0.00530. The summed E-state index contributed by atoms with van der Waals surface area (Å²) in [7, 11) is 1.50. The van der Waals surface area contributed by atoms with Crippen molar-refractivity contribution in [2.45, 2.75) is 71.2 Å². The number of carbonyl (C=O) groups is 2. The molecule has 0 saturated carbocycles. The molecule has 2 amide bonds. The third kappa shape index (κ3) is 5.93. The van der Waals surface area contributed by atoms with Gasteiger partial charge in [-0.2, -0.15) is 0 Å². The van der Waals surface area contributed by atoms with Gasteiger partial charge in [-0.25, -0.2) is 14.2 Å². The van der Waals surface area contributed by atoms with Gasteiger partial charge in [0.15, 0.2) is 5.69 Å². The minimum Gasteiger partial charge on any atom is -0.501 e. The van der Waals surface area contributed by atoms with Crippen molar-refractivity contribution in [1.82, 2.24) is 19.8 Å². The summed E-state index contributed by atoms with van der Waals surface area (Å²) in [6.07, 6.45) is 0.310. The van der Waals surface area contributed by atoms with Crippen molar-refractivity contribution < 1.29 is 28.6 Å². The van der Waals surface area contributed by atoms with Crippen molar-refractivity contribution in [3.05, 3.63) is 57.5 Å². The van der Waals surface area contributed by atoms with Crippen LogP contribution in [0.5, 0.6) is 5.75 Å². The van der Waals surface area contributed by atoms with E-state index in [4.69, 9.17) is 9.47 Å². The summed E-state index contributed by atoms with van der Waals surface area (Å²) in [4.78, 5) is 45.2. The van der Waals surface area contributed by atoms with Crippen LogP contribution in [-0.2, 0) is 21.6 Å². The number of fused-ring (bicyclic) bond motifs is 1. The standard InChI is InChI=1S/C26H35FN4O6/c1-7-26(8-2)15-36-14-18(30(6)24(35)37-25(3,4)5)21-29-19(20(32)23(34)31(21)26)22(33)28-13-16-9-11-17(27)12-10-16/h9-12,18,32H,7-8,13-15H2,1-6H3,(H,28,33). The second-order valence-electron chi connectivity index (χ2n) is 10.2. The highest BCUT2D eigenvalue weighted by Crippen LogP contribution is 2.34. The number of halogens is 1. The Bertz CT molecular complexity index is 1200. The van der Waals surface area contributed by atoms with E-state index in [0.717, 1.165) is 0 Å². The first-order valence-electron chi connectivity index (χ1n) is 12.3. The van der Waals surface area contributed by atoms with E-state index in [9.17, 15) is 23.9 Å². The minimum atomic E-state index is -0.869. The number of nitrogens with one attached hydrogen (secondary N) is 1. The number of likely N-dealkylation sites (N-methyl/N-ethyl adjacent to an activating group) is 1. The molecule has 0 radical (unpaired) electrons. The lowest BCUT2D eigenvalue weighted by atomic mass is 9.93. The second kappa shape index (κ2) is 10.9. The molecule has 2 heterocycles. The maximum atomic E-state index is 13.6. The molecule has 0 aliphatic carbocycles. The predicted octanol–water partition coefficient (Wildman–Crippen LogP) is 3.47. The van der Waals surface area contributed by atoms with Crippen molar-refractivity contribution in [2.24, 2.45) is 0 Å². The van der Waals surface area contributed by atoms with E-state index >= 15 is 0 Å². The molecule has 1 aliphatic rings. The monoisotopic (exact) mass is 518 g/mol. The van der Waals surface area contributed by atoms with Crippen LogP contribution in [0.3, 0.4) is 0 Å². The van der Waals surface area contributed by atoms with Gasteiger partial charge in [0.25, 0.3) is 11.5 Å². The Kier molecular flexibility index (Phi) is 8.26.